The zero-order valence-electron chi connectivity index (χ0n) is 11.5. The molecule has 5 heteroatoms. The fourth-order valence-electron chi connectivity index (χ4n) is 3.33. The van der Waals surface area contributed by atoms with Gasteiger partial charge in [0.1, 0.15) is 12.2 Å². The first kappa shape index (κ1) is 12.1. The number of hydrogen-bond donors (Lipinski definition) is 1. The monoisotopic (exact) mass is 269 g/mol. The maximum Gasteiger partial charge on any atom is 0.147 e. The molecule has 1 unspecified atom stereocenters. The third kappa shape index (κ3) is 2.13. The van der Waals surface area contributed by atoms with Crippen LogP contribution in [0.3, 0.4) is 0 Å². The number of hydrogen-bond acceptors (Lipinski definition) is 4. The Labute approximate surface area is 118 Å². The highest BCUT2D eigenvalue weighted by molar-refractivity contribution is 5.33. The zero-order chi connectivity index (χ0) is 13.4. The molecule has 5 nitrogen and oxygen atoms in total. The van der Waals surface area contributed by atoms with E-state index in [1.54, 1.807) is 0 Å². The Balaban J connectivity index is 1.51. The molecule has 2 aliphatic rings. The molecule has 2 aromatic rings. The van der Waals surface area contributed by atoms with Crippen molar-refractivity contribution in [3.8, 4) is 0 Å². The highest BCUT2D eigenvalue weighted by Crippen LogP contribution is 2.25. The Morgan fingerprint density at radius 2 is 2.20 bits per heavy atom. The van der Waals surface area contributed by atoms with Gasteiger partial charge in [-0.25, -0.2) is 0 Å². The number of nitrogens with zero attached hydrogens (tertiary/aromatic N) is 4. The van der Waals surface area contributed by atoms with Crippen LogP contribution in [-0.4, -0.2) is 39.3 Å². The van der Waals surface area contributed by atoms with E-state index in [1.807, 2.05) is 6.33 Å². The molecule has 2 aliphatic heterocycles. The third-order valence-electron chi connectivity index (χ3n) is 4.40. The van der Waals surface area contributed by atoms with Gasteiger partial charge in [-0.3, -0.25) is 4.90 Å². The van der Waals surface area contributed by atoms with Crippen LogP contribution in [0.1, 0.15) is 22.9 Å². The van der Waals surface area contributed by atoms with Crippen LogP contribution in [0.5, 0.6) is 0 Å². The molecule has 0 spiro atoms. The number of aromatic nitrogens is 3. The first-order chi connectivity index (χ1) is 9.90. The Bertz CT molecular complexity index is 606. The summed E-state index contributed by atoms with van der Waals surface area (Å²) in [5, 5.41) is 11.7. The summed E-state index contributed by atoms with van der Waals surface area (Å²) in [5.41, 5.74) is 2.96. The predicted octanol–water partition coefficient (Wildman–Crippen LogP) is 0.981. The minimum absolute atomic E-state index is 0.578. The molecule has 4 rings (SSSR count). The first-order valence-corrected chi connectivity index (χ1v) is 7.28. The lowest BCUT2D eigenvalue weighted by molar-refractivity contribution is 0.200. The van der Waals surface area contributed by atoms with Crippen molar-refractivity contribution < 1.29 is 0 Å². The van der Waals surface area contributed by atoms with Crippen molar-refractivity contribution in [3.05, 3.63) is 47.5 Å². The van der Waals surface area contributed by atoms with Crippen molar-refractivity contribution >= 4 is 0 Å². The van der Waals surface area contributed by atoms with Gasteiger partial charge in [0.15, 0.2) is 0 Å². The Kier molecular flexibility index (Phi) is 3.01. The molecule has 104 valence electrons. The number of nitrogens with one attached hydrogen (secondary N) is 1. The number of fused-ring (bicyclic) bond motifs is 2. The van der Waals surface area contributed by atoms with Gasteiger partial charge in [0.2, 0.25) is 0 Å². The second kappa shape index (κ2) is 5.00. The molecule has 0 amide bonds. The highest BCUT2D eigenvalue weighted by Gasteiger charge is 2.24. The fraction of sp³-hybridized carbons (Fsp3) is 0.467. The van der Waals surface area contributed by atoms with Gasteiger partial charge in [-0.15, -0.1) is 10.2 Å². The van der Waals surface area contributed by atoms with Gasteiger partial charge in [-0.1, -0.05) is 24.3 Å². The first-order valence-electron chi connectivity index (χ1n) is 7.28. The molecular formula is C15H19N5. The van der Waals surface area contributed by atoms with Crippen LogP contribution < -0.4 is 5.32 Å². The van der Waals surface area contributed by atoms with Gasteiger partial charge in [0, 0.05) is 38.6 Å². The molecular weight excluding hydrogens is 250 g/mol. The lowest BCUT2D eigenvalue weighted by Crippen LogP contribution is -2.40. The molecule has 0 radical (unpaired) electrons. The van der Waals surface area contributed by atoms with E-state index < -0.39 is 0 Å². The molecule has 1 aromatic heterocycles. The lowest BCUT2D eigenvalue weighted by Gasteiger charge is -2.33. The van der Waals surface area contributed by atoms with E-state index in [9.17, 15) is 0 Å². The summed E-state index contributed by atoms with van der Waals surface area (Å²) in [7, 11) is 0. The highest BCUT2D eigenvalue weighted by atomic mass is 15.3. The summed E-state index contributed by atoms with van der Waals surface area (Å²) in [6.45, 7) is 6.17. The smallest absolute Gasteiger partial charge is 0.147 e. The molecule has 20 heavy (non-hydrogen) atoms. The van der Waals surface area contributed by atoms with Crippen molar-refractivity contribution in [2.75, 3.05) is 19.6 Å². The second-order valence-corrected chi connectivity index (χ2v) is 5.70. The molecule has 0 fully saturated rings. The largest absolute Gasteiger partial charge is 0.315 e. The summed E-state index contributed by atoms with van der Waals surface area (Å²) in [6, 6.07) is 8.81. The maximum absolute atomic E-state index is 4.20. The Morgan fingerprint density at radius 1 is 1.25 bits per heavy atom. The van der Waals surface area contributed by atoms with E-state index in [-0.39, 0.29) is 0 Å². The minimum Gasteiger partial charge on any atom is -0.315 e. The van der Waals surface area contributed by atoms with Crippen molar-refractivity contribution in [2.24, 2.45) is 0 Å². The molecule has 3 heterocycles. The van der Waals surface area contributed by atoms with Crippen LogP contribution >= 0.6 is 0 Å². The summed E-state index contributed by atoms with van der Waals surface area (Å²) in [6.07, 6.45) is 1.84. The molecule has 1 atom stereocenters. The van der Waals surface area contributed by atoms with Crippen LogP contribution in [-0.2, 0) is 19.6 Å². The van der Waals surface area contributed by atoms with Gasteiger partial charge in [-0.2, -0.15) is 0 Å². The van der Waals surface area contributed by atoms with E-state index in [4.69, 9.17) is 0 Å². The third-order valence-corrected chi connectivity index (χ3v) is 4.40. The van der Waals surface area contributed by atoms with Crippen molar-refractivity contribution in [3.63, 3.8) is 0 Å². The predicted molar refractivity (Wildman–Crippen MR) is 76.2 cm³/mol. The van der Waals surface area contributed by atoms with Gasteiger partial charge >= 0.3 is 0 Å². The number of rotatable bonds is 2. The van der Waals surface area contributed by atoms with Crippen LogP contribution in [0.4, 0.5) is 0 Å². The summed E-state index contributed by atoms with van der Waals surface area (Å²) >= 11 is 0. The molecule has 1 N–H and O–H groups in total. The van der Waals surface area contributed by atoms with Gasteiger partial charge in [-0.05, 0) is 11.1 Å². The quantitative estimate of drug-likeness (QED) is 0.883. The average molecular weight is 269 g/mol. The van der Waals surface area contributed by atoms with Crippen LogP contribution in [0, 0.1) is 0 Å². The zero-order valence-corrected chi connectivity index (χ0v) is 11.5. The van der Waals surface area contributed by atoms with Crippen molar-refractivity contribution in [1.29, 1.82) is 0 Å². The summed E-state index contributed by atoms with van der Waals surface area (Å²) < 4.78 is 2.16. The lowest BCUT2D eigenvalue weighted by atomic mass is 9.90. The standard InChI is InChI=1S/C15H19N5/c1-2-4-14-12(3-1)7-16-8-13(14)9-19-5-6-20-11-17-18-15(20)10-19/h1-4,11,13,16H,5-10H2. The fourth-order valence-corrected chi connectivity index (χ4v) is 3.33. The Morgan fingerprint density at radius 3 is 3.20 bits per heavy atom. The second-order valence-electron chi connectivity index (χ2n) is 5.70. The van der Waals surface area contributed by atoms with E-state index in [1.165, 1.54) is 11.1 Å². The van der Waals surface area contributed by atoms with Gasteiger partial charge in [0.25, 0.3) is 0 Å². The van der Waals surface area contributed by atoms with Crippen molar-refractivity contribution in [2.45, 2.75) is 25.6 Å². The molecule has 0 saturated heterocycles. The molecule has 1 aromatic carbocycles. The molecule has 0 bridgehead atoms. The van der Waals surface area contributed by atoms with E-state index in [0.29, 0.717) is 5.92 Å². The maximum atomic E-state index is 4.20. The minimum atomic E-state index is 0.578. The summed E-state index contributed by atoms with van der Waals surface area (Å²) in [4.78, 5) is 2.50. The van der Waals surface area contributed by atoms with Gasteiger partial charge in [0.05, 0.1) is 6.54 Å². The van der Waals surface area contributed by atoms with E-state index >= 15 is 0 Å². The molecule has 0 saturated carbocycles. The topological polar surface area (TPSA) is 46.0 Å². The SMILES string of the molecule is c1ccc2c(c1)CNCC2CN1CCn2cnnc2C1. The van der Waals surface area contributed by atoms with Gasteiger partial charge < -0.3 is 9.88 Å². The normalized spacial score (nSPS) is 22.3. The van der Waals surface area contributed by atoms with E-state index in [0.717, 1.165) is 45.1 Å². The average Bonchev–Trinajstić information content (AvgIpc) is 2.95. The van der Waals surface area contributed by atoms with Crippen molar-refractivity contribution in [1.82, 2.24) is 25.0 Å². The van der Waals surface area contributed by atoms with Crippen LogP contribution in [0.2, 0.25) is 0 Å². The number of benzene rings is 1. The van der Waals surface area contributed by atoms with Crippen LogP contribution in [0.25, 0.3) is 0 Å². The van der Waals surface area contributed by atoms with E-state index in [2.05, 4.69) is 49.2 Å². The van der Waals surface area contributed by atoms with Crippen LogP contribution in [0.15, 0.2) is 30.6 Å². The molecule has 0 aliphatic carbocycles. The summed E-state index contributed by atoms with van der Waals surface area (Å²) in [5.74, 6) is 1.67. The Hall–Kier alpha value is -1.72.